The van der Waals surface area contributed by atoms with Crippen molar-refractivity contribution in [3.63, 3.8) is 0 Å². The van der Waals surface area contributed by atoms with Gasteiger partial charge in [0.1, 0.15) is 11.5 Å². The average Bonchev–Trinajstić information content (AvgIpc) is 2.97. The van der Waals surface area contributed by atoms with Crippen molar-refractivity contribution in [2.75, 3.05) is 117 Å². The highest BCUT2D eigenvalue weighted by molar-refractivity contribution is 8.76. The lowest BCUT2D eigenvalue weighted by molar-refractivity contribution is -0.890. The van der Waals surface area contributed by atoms with Crippen molar-refractivity contribution < 1.29 is 18.4 Å². The molecule has 0 spiro atoms. The first-order chi connectivity index (χ1) is 20.0. The zero-order chi connectivity index (χ0) is 30.8. The number of ether oxygens (including phenoxy) is 2. The van der Waals surface area contributed by atoms with Crippen LogP contribution < -0.4 is 19.3 Å². The molecular formula is C34H60N4O2S2+2. The highest BCUT2D eigenvalue weighted by Crippen LogP contribution is 2.24. The Balaban J connectivity index is 1.44. The Morgan fingerprint density at radius 1 is 0.524 bits per heavy atom. The van der Waals surface area contributed by atoms with Gasteiger partial charge in [-0.25, -0.2) is 0 Å². The molecule has 2 rings (SSSR count). The first-order valence-electron chi connectivity index (χ1n) is 15.6. The van der Waals surface area contributed by atoms with Gasteiger partial charge in [-0.1, -0.05) is 21.6 Å². The van der Waals surface area contributed by atoms with Crippen LogP contribution in [0.3, 0.4) is 0 Å². The molecule has 6 nitrogen and oxygen atoms in total. The molecule has 238 valence electrons. The number of methoxy groups -OCH3 is 2. The molecule has 0 fully saturated rings. The topological polar surface area (TPSA) is 24.9 Å². The van der Waals surface area contributed by atoms with E-state index in [1.54, 1.807) is 14.2 Å². The SMILES string of the molecule is COc1ccc(N(C)CCC[N+](C)(C)CCCCSSCCCC[N+](C)(C)CCCN(C)c2ccc(OC)cc2)cc1. The number of nitrogens with zero attached hydrogens (tertiary/aromatic N) is 4. The standard InChI is InChI=1S/C34H60N4O2S2/c1-35(31-15-19-33(39-7)20-16-31)23-13-27-37(3,4)25-9-11-29-41-42-30-12-10-26-38(5,6)28-14-24-36(2)32-17-21-34(40-8)22-18-32/h15-22H,9-14,23-30H2,1-8H3/q+2. The molecule has 0 saturated heterocycles. The molecule has 0 saturated carbocycles. The molecule has 0 aliphatic heterocycles. The van der Waals surface area contributed by atoms with Gasteiger partial charge in [0.2, 0.25) is 0 Å². The van der Waals surface area contributed by atoms with Crippen LogP contribution in [0.4, 0.5) is 11.4 Å². The van der Waals surface area contributed by atoms with E-state index in [0.29, 0.717) is 0 Å². The number of hydrogen-bond donors (Lipinski definition) is 0. The number of benzene rings is 2. The van der Waals surface area contributed by atoms with E-state index in [4.69, 9.17) is 9.47 Å². The molecule has 0 aliphatic carbocycles. The third-order valence-corrected chi connectivity index (χ3v) is 10.7. The summed E-state index contributed by atoms with van der Waals surface area (Å²) >= 11 is 0. The molecule has 0 bridgehead atoms. The summed E-state index contributed by atoms with van der Waals surface area (Å²) in [5, 5.41) is 0. The Bertz CT molecular complexity index is 891. The van der Waals surface area contributed by atoms with Gasteiger partial charge in [0.25, 0.3) is 0 Å². The lowest BCUT2D eigenvalue weighted by Gasteiger charge is -2.31. The number of rotatable bonds is 23. The second-order valence-corrected chi connectivity index (χ2v) is 15.5. The van der Waals surface area contributed by atoms with Gasteiger partial charge in [0.15, 0.2) is 0 Å². The maximum absolute atomic E-state index is 5.27. The molecule has 0 N–H and O–H groups in total. The van der Waals surface area contributed by atoms with Gasteiger partial charge in [-0.05, 0) is 74.2 Å². The summed E-state index contributed by atoms with van der Waals surface area (Å²) in [6.07, 6.45) is 7.68. The third-order valence-electron chi connectivity index (χ3n) is 8.11. The van der Waals surface area contributed by atoms with Crippen LogP contribution in [0.1, 0.15) is 38.5 Å². The smallest absolute Gasteiger partial charge is 0.119 e. The van der Waals surface area contributed by atoms with E-state index in [2.05, 4.69) is 97.9 Å². The van der Waals surface area contributed by atoms with Crippen molar-refractivity contribution in [1.82, 2.24) is 0 Å². The number of unbranched alkanes of at least 4 members (excludes halogenated alkanes) is 2. The predicted octanol–water partition coefficient (Wildman–Crippen LogP) is 7.15. The highest BCUT2D eigenvalue weighted by atomic mass is 33.1. The Morgan fingerprint density at radius 3 is 1.19 bits per heavy atom. The van der Waals surface area contributed by atoms with Crippen LogP contribution >= 0.6 is 21.6 Å². The Hall–Kier alpha value is -1.74. The first kappa shape index (κ1) is 36.5. The fourth-order valence-electron chi connectivity index (χ4n) is 5.15. The largest absolute Gasteiger partial charge is 0.497 e. The maximum atomic E-state index is 5.27. The number of hydrogen-bond acceptors (Lipinski definition) is 6. The van der Waals surface area contributed by atoms with Crippen molar-refractivity contribution in [1.29, 1.82) is 0 Å². The van der Waals surface area contributed by atoms with Crippen LogP contribution in [0.5, 0.6) is 11.5 Å². The second kappa shape index (κ2) is 19.5. The van der Waals surface area contributed by atoms with Gasteiger partial charge in [0, 0.05) is 62.9 Å². The van der Waals surface area contributed by atoms with Crippen LogP contribution in [0, 0.1) is 0 Å². The quantitative estimate of drug-likeness (QED) is 0.0744. The molecule has 0 atom stereocenters. The normalized spacial score (nSPS) is 11.9. The van der Waals surface area contributed by atoms with Crippen molar-refractivity contribution in [2.24, 2.45) is 0 Å². The summed E-state index contributed by atoms with van der Waals surface area (Å²) in [5.74, 6) is 4.37. The lowest BCUT2D eigenvalue weighted by atomic mass is 10.2. The zero-order valence-electron chi connectivity index (χ0n) is 27.9. The predicted molar refractivity (Wildman–Crippen MR) is 189 cm³/mol. The van der Waals surface area contributed by atoms with Crippen molar-refractivity contribution in [3.8, 4) is 11.5 Å². The fourth-order valence-corrected chi connectivity index (χ4v) is 7.44. The van der Waals surface area contributed by atoms with Gasteiger partial charge in [-0.2, -0.15) is 0 Å². The summed E-state index contributed by atoms with van der Waals surface area (Å²) in [5.41, 5.74) is 2.51. The lowest BCUT2D eigenvalue weighted by Crippen LogP contribution is -2.42. The maximum Gasteiger partial charge on any atom is 0.119 e. The van der Waals surface area contributed by atoms with Gasteiger partial charge < -0.3 is 28.2 Å². The first-order valence-corrected chi connectivity index (χ1v) is 18.1. The molecule has 0 heterocycles. The number of quaternary nitrogens is 2. The third kappa shape index (κ3) is 15.1. The Morgan fingerprint density at radius 2 is 0.857 bits per heavy atom. The molecule has 0 radical (unpaired) electrons. The van der Waals surface area contributed by atoms with Gasteiger partial charge >= 0.3 is 0 Å². The minimum absolute atomic E-state index is 0.914. The summed E-state index contributed by atoms with van der Waals surface area (Å²) in [6.45, 7) is 7.13. The molecule has 8 heteroatoms. The molecule has 2 aromatic rings. The number of anilines is 2. The van der Waals surface area contributed by atoms with Crippen LogP contribution in [-0.4, -0.2) is 116 Å². The monoisotopic (exact) mass is 620 g/mol. The van der Waals surface area contributed by atoms with Crippen molar-refractivity contribution >= 4 is 33.0 Å². The molecule has 2 aromatic carbocycles. The van der Waals surface area contributed by atoms with Crippen LogP contribution in [0.15, 0.2) is 48.5 Å². The Kier molecular flexibility index (Phi) is 16.9. The van der Waals surface area contributed by atoms with E-state index >= 15 is 0 Å². The second-order valence-electron chi connectivity index (χ2n) is 12.8. The summed E-state index contributed by atoms with van der Waals surface area (Å²) in [4.78, 5) is 4.69. The van der Waals surface area contributed by atoms with Gasteiger partial charge in [-0.3, -0.25) is 0 Å². The highest BCUT2D eigenvalue weighted by Gasteiger charge is 2.16. The van der Waals surface area contributed by atoms with Crippen molar-refractivity contribution in [3.05, 3.63) is 48.5 Å². The molecule has 0 aromatic heterocycles. The zero-order valence-corrected chi connectivity index (χ0v) is 29.6. The minimum Gasteiger partial charge on any atom is -0.497 e. The fraction of sp³-hybridized carbons (Fsp3) is 0.647. The van der Waals surface area contributed by atoms with E-state index in [-0.39, 0.29) is 0 Å². The van der Waals surface area contributed by atoms with E-state index in [9.17, 15) is 0 Å². The molecular weight excluding hydrogens is 561 g/mol. The molecule has 42 heavy (non-hydrogen) atoms. The summed E-state index contributed by atoms with van der Waals surface area (Å²) in [6, 6.07) is 16.7. The van der Waals surface area contributed by atoms with Crippen molar-refractivity contribution in [2.45, 2.75) is 38.5 Å². The van der Waals surface area contributed by atoms with Crippen LogP contribution in [-0.2, 0) is 0 Å². The van der Waals surface area contributed by atoms with Gasteiger partial charge in [0.05, 0.1) is 68.6 Å². The van der Waals surface area contributed by atoms with E-state index in [0.717, 1.165) is 33.6 Å². The molecule has 0 amide bonds. The summed E-state index contributed by atoms with van der Waals surface area (Å²) in [7, 11) is 21.5. The minimum atomic E-state index is 0.914. The molecule has 0 unspecified atom stereocenters. The Labute approximate surface area is 266 Å². The van der Waals surface area contributed by atoms with Gasteiger partial charge in [-0.15, -0.1) is 0 Å². The van der Waals surface area contributed by atoms with E-state index < -0.39 is 0 Å². The van der Waals surface area contributed by atoms with E-state index in [1.165, 1.54) is 87.6 Å². The van der Waals surface area contributed by atoms with Crippen LogP contribution in [0.25, 0.3) is 0 Å². The van der Waals surface area contributed by atoms with Crippen LogP contribution in [0.2, 0.25) is 0 Å². The molecule has 0 aliphatic rings. The van der Waals surface area contributed by atoms with E-state index in [1.807, 2.05) is 24.3 Å². The average molecular weight is 621 g/mol. The summed E-state index contributed by atoms with van der Waals surface area (Å²) < 4.78 is 12.8.